The Bertz CT molecular complexity index is 441. The van der Waals surface area contributed by atoms with E-state index in [1.807, 2.05) is 6.07 Å². The SMILES string of the molecule is O=C(O)c1cccc(CNC2(CO)CCOCC2)c1. The van der Waals surface area contributed by atoms with E-state index in [-0.39, 0.29) is 17.7 Å². The minimum absolute atomic E-state index is 0.0645. The lowest BCUT2D eigenvalue weighted by Gasteiger charge is -2.36. The first-order valence-electron chi connectivity index (χ1n) is 6.41. The van der Waals surface area contributed by atoms with Crippen molar-refractivity contribution in [2.75, 3.05) is 19.8 Å². The Labute approximate surface area is 112 Å². The Kier molecular flexibility index (Phi) is 4.52. The van der Waals surface area contributed by atoms with E-state index < -0.39 is 5.97 Å². The van der Waals surface area contributed by atoms with Gasteiger partial charge in [0.2, 0.25) is 0 Å². The molecule has 19 heavy (non-hydrogen) atoms. The van der Waals surface area contributed by atoms with Crippen molar-refractivity contribution in [2.45, 2.75) is 24.9 Å². The third-order valence-electron chi connectivity index (χ3n) is 3.59. The van der Waals surface area contributed by atoms with Gasteiger partial charge in [-0.2, -0.15) is 0 Å². The quantitative estimate of drug-likeness (QED) is 0.740. The van der Waals surface area contributed by atoms with Gasteiger partial charge in [-0.25, -0.2) is 4.79 Å². The average Bonchev–Trinajstić information content (AvgIpc) is 2.46. The molecule has 1 aromatic carbocycles. The van der Waals surface area contributed by atoms with Crippen LogP contribution in [0, 0.1) is 0 Å². The van der Waals surface area contributed by atoms with Crippen LogP contribution in [0.25, 0.3) is 0 Å². The molecule has 1 fully saturated rings. The fraction of sp³-hybridized carbons (Fsp3) is 0.500. The summed E-state index contributed by atoms with van der Waals surface area (Å²) in [5.41, 5.74) is 0.876. The van der Waals surface area contributed by atoms with Crippen LogP contribution in [0.15, 0.2) is 24.3 Å². The van der Waals surface area contributed by atoms with Crippen LogP contribution in [0.2, 0.25) is 0 Å². The standard InChI is InChI=1S/C14H19NO4/c16-10-14(4-6-19-7-5-14)15-9-11-2-1-3-12(8-11)13(17)18/h1-3,8,15-16H,4-7,9-10H2,(H,17,18). The van der Waals surface area contributed by atoms with Crippen LogP contribution in [0.1, 0.15) is 28.8 Å². The minimum atomic E-state index is -0.926. The molecule has 0 bridgehead atoms. The molecule has 0 spiro atoms. The second-order valence-corrected chi connectivity index (χ2v) is 4.91. The molecule has 1 aliphatic rings. The summed E-state index contributed by atoms with van der Waals surface area (Å²) in [4.78, 5) is 10.9. The molecule has 3 N–H and O–H groups in total. The Morgan fingerprint density at radius 3 is 2.74 bits per heavy atom. The third-order valence-corrected chi connectivity index (χ3v) is 3.59. The maximum absolute atomic E-state index is 10.9. The second kappa shape index (κ2) is 6.14. The highest BCUT2D eigenvalue weighted by Crippen LogP contribution is 2.20. The molecule has 1 heterocycles. The van der Waals surface area contributed by atoms with Crippen molar-refractivity contribution in [1.82, 2.24) is 5.32 Å². The lowest BCUT2D eigenvalue weighted by Crippen LogP contribution is -2.51. The number of nitrogens with one attached hydrogen (secondary N) is 1. The number of carboxylic acids is 1. The van der Waals surface area contributed by atoms with Crippen molar-refractivity contribution in [3.05, 3.63) is 35.4 Å². The van der Waals surface area contributed by atoms with E-state index in [4.69, 9.17) is 9.84 Å². The van der Waals surface area contributed by atoms with Gasteiger partial charge in [-0.05, 0) is 30.5 Å². The van der Waals surface area contributed by atoms with E-state index in [9.17, 15) is 9.90 Å². The number of benzene rings is 1. The molecule has 104 valence electrons. The Hall–Kier alpha value is -1.43. The number of carbonyl (C=O) groups is 1. The van der Waals surface area contributed by atoms with Crippen LogP contribution >= 0.6 is 0 Å². The molecule has 0 unspecified atom stereocenters. The summed E-state index contributed by atoms with van der Waals surface area (Å²) in [5.74, 6) is -0.926. The van der Waals surface area contributed by atoms with Crippen molar-refractivity contribution in [1.29, 1.82) is 0 Å². The van der Waals surface area contributed by atoms with Crippen molar-refractivity contribution in [3.63, 3.8) is 0 Å². The fourth-order valence-electron chi connectivity index (χ4n) is 2.26. The first-order chi connectivity index (χ1) is 9.15. The summed E-state index contributed by atoms with van der Waals surface area (Å²) in [6.45, 7) is 1.89. The molecule has 1 aliphatic heterocycles. The smallest absolute Gasteiger partial charge is 0.335 e. The summed E-state index contributed by atoms with van der Waals surface area (Å²) < 4.78 is 5.30. The van der Waals surface area contributed by atoms with Crippen molar-refractivity contribution < 1.29 is 19.7 Å². The van der Waals surface area contributed by atoms with Crippen molar-refractivity contribution in [2.24, 2.45) is 0 Å². The number of aliphatic hydroxyl groups excluding tert-OH is 1. The topological polar surface area (TPSA) is 78.8 Å². The van der Waals surface area contributed by atoms with E-state index in [0.29, 0.717) is 19.8 Å². The largest absolute Gasteiger partial charge is 0.478 e. The molecule has 5 nitrogen and oxygen atoms in total. The molecule has 5 heteroatoms. The Balaban J connectivity index is 2.00. The number of aliphatic hydroxyl groups is 1. The van der Waals surface area contributed by atoms with Crippen LogP contribution in [0.5, 0.6) is 0 Å². The van der Waals surface area contributed by atoms with Gasteiger partial charge in [0.1, 0.15) is 0 Å². The molecule has 1 aromatic rings. The molecule has 0 aliphatic carbocycles. The van der Waals surface area contributed by atoms with Gasteiger partial charge in [-0.15, -0.1) is 0 Å². The van der Waals surface area contributed by atoms with Crippen LogP contribution in [-0.2, 0) is 11.3 Å². The lowest BCUT2D eigenvalue weighted by molar-refractivity contribution is 0.0112. The van der Waals surface area contributed by atoms with Gasteiger partial charge in [0, 0.05) is 25.3 Å². The number of hydrogen-bond acceptors (Lipinski definition) is 4. The first-order valence-corrected chi connectivity index (χ1v) is 6.41. The van der Waals surface area contributed by atoms with Crippen molar-refractivity contribution >= 4 is 5.97 Å². The first kappa shape index (κ1) is 14.0. The van der Waals surface area contributed by atoms with Crippen molar-refractivity contribution in [3.8, 4) is 0 Å². The van der Waals surface area contributed by atoms with E-state index in [2.05, 4.69) is 5.32 Å². The Morgan fingerprint density at radius 2 is 2.11 bits per heavy atom. The zero-order chi connectivity index (χ0) is 13.7. The van der Waals surface area contributed by atoms with E-state index in [1.165, 1.54) is 0 Å². The van der Waals surface area contributed by atoms with Crippen LogP contribution < -0.4 is 5.32 Å². The van der Waals surface area contributed by atoms with E-state index in [1.54, 1.807) is 18.2 Å². The number of carboxylic acid groups (broad SMARTS) is 1. The predicted molar refractivity (Wildman–Crippen MR) is 70.1 cm³/mol. The van der Waals surface area contributed by atoms with Gasteiger partial charge in [-0.1, -0.05) is 12.1 Å². The van der Waals surface area contributed by atoms with Crippen LogP contribution in [0.3, 0.4) is 0 Å². The fourth-order valence-corrected chi connectivity index (χ4v) is 2.26. The summed E-state index contributed by atoms with van der Waals surface area (Å²) in [6.07, 6.45) is 1.53. The monoisotopic (exact) mass is 265 g/mol. The highest BCUT2D eigenvalue weighted by atomic mass is 16.5. The van der Waals surface area contributed by atoms with Gasteiger partial charge in [0.05, 0.1) is 12.2 Å². The zero-order valence-electron chi connectivity index (χ0n) is 10.8. The second-order valence-electron chi connectivity index (χ2n) is 4.91. The zero-order valence-corrected chi connectivity index (χ0v) is 10.8. The molecule has 0 radical (unpaired) electrons. The maximum Gasteiger partial charge on any atom is 0.335 e. The molecular weight excluding hydrogens is 246 g/mol. The van der Waals surface area contributed by atoms with Gasteiger partial charge < -0.3 is 20.3 Å². The van der Waals surface area contributed by atoms with Gasteiger partial charge in [-0.3, -0.25) is 0 Å². The lowest BCUT2D eigenvalue weighted by atomic mass is 9.90. The van der Waals surface area contributed by atoms with E-state index in [0.717, 1.165) is 18.4 Å². The van der Waals surface area contributed by atoms with Gasteiger partial charge in [0.15, 0.2) is 0 Å². The molecule has 0 aromatic heterocycles. The summed E-state index contributed by atoms with van der Waals surface area (Å²) in [6, 6.07) is 6.84. The third kappa shape index (κ3) is 3.53. The highest BCUT2D eigenvalue weighted by molar-refractivity contribution is 5.87. The molecule has 1 saturated heterocycles. The predicted octanol–water partition coefficient (Wildman–Crippen LogP) is 1.02. The van der Waals surface area contributed by atoms with Crippen LogP contribution in [-0.4, -0.2) is 41.5 Å². The molecule has 0 saturated carbocycles. The summed E-state index contributed by atoms with van der Waals surface area (Å²) in [5, 5.41) is 21.8. The molecule has 0 amide bonds. The Morgan fingerprint density at radius 1 is 1.37 bits per heavy atom. The average molecular weight is 265 g/mol. The minimum Gasteiger partial charge on any atom is -0.478 e. The number of aromatic carboxylic acids is 1. The normalized spacial score (nSPS) is 18.2. The van der Waals surface area contributed by atoms with E-state index >= 15 is 0 Å². The van der Waals surface area contributed by atoms with Gasteiger partial charge >= 0.3 is 5.97 Å². The molecule has 2 rings (SSSR count). The van der Waals surface area contributed by atoms with Gasteiger partial charge in [0.25, 0.3) is 0 Å². The van der Waals surface area contributed by atoms with Crippen LogP contribution in [0.4, 0.5) is 0 Å². The number of rotatable bonds is 5. The maximum atomic E-state index is 10.9. The molecule has 0 atom stereocenters. The number of hydrogen-bond donors (Lipinski definition) is 3. The number of ether oxygens (including phenoxy) is 1. The summed E-state index contributed by atoms with van der Waals surface area (Å²) >= 11 is 0. The highest BCUT2D eigenvalue weighted by Gasteiger charge is 2.31. The summed E-state index contributed by atoms with van der Waals surface area (Å²) in [7, 11) is 0. The molecular formula is C14H19NO4.